The summed E-state index contributed by atoms with van der Waals surface area (Å²) in [6, 6.07) is -5.38. The number of rotatable bonds is 20. The molecule has 0 aromatic rings. The van der Waals surface area contributed by atoms with Crippen molar-refractivity contribution in [2.24, 2.45) is 5.92 Å². The van der Waals surface area contributed by atoms with E-state index in [1.165, 1.54) is 18.9 Å². The summed E-state index contributed by atoms with van der Waals surface area (Å²) in [6.45, 7) is 32.6. The molecule has 0 heterocycles. The van der Waals surface area contributed by atoms with Crippen molar-refractivity contribution in [3.05, 3.63) is 0 Å². The van der Waals surface area contributed by atoms with Crippen LogP contribution >= 0.6 is 12.2 Å². The molecule has 0 radical (unpaired) electrons. The van der Waals surface area contributed by atoms with E-state index in [1.54, 1.807) is 20.8 Å². The maximum Gasteiger partial charge on any atom is 0.408 e. The highest BCUT2D eigenvalue weighted by molar-refractivity contribution is 7.80. The van der Waals surface area contributed by atoms with Crippen LogP contribution in [0.3, 0.4) is 0 Å². The van der Waals surface area contributed by atoms with Crippen molar-refractivity contribution in [2.45, 2.75) is 181 Å². The summed E-state index contributed by atoms with van der Waals surface area (Å²) in [4.78, 5) is 68.8. The Labute approximate surface area is 350 Å². The molecule has 5 N–H and O–H groups in total. The van der Waals surface area contributed by atoms with Gasteiger partial charge in [0.05, 0.1) is 37.5 Å². The number of carbonyl (C=O) groups is 5. The minimum atomic E-state index is -2.42. The summed E-state index contributed by atoms with van der Waals surface area (Å²) >= 11 is 5.85. The van der Waals surface area contributed by atoms with Crippen LogP contribution in [0.1, 0.15) is 103 Å². The molecule has 0 saturated heterocycles. The van der Waals surface area contributed by atoms with E-state index in [4.69, 9.17) is 30.5 Å². The number of aliphatic hydroxyl groups excluding tert-OH is 1. The van der Waals surface area contributed by atoms with Gasteiger partial charge in [0, 0.05) is 7.05 Å². The standard InChI is InChI=1S/C39H77N5O10SSi2/c1-20-26(40-31(46)27(42-36(50)54-37(5,6)7)22-52-56(16,17)38(8,9)10)33(55)41-28(23-53-57(18,19)39(11,12)13)34(48)44(14)29(21-24(2)3)32(47)43-30(25(4)45)35(49)51-15/h24-30,45H,20-23H2,1-19H3,(H,40,46)(H,41,55)(H,42,50)(H,43,47)/t25-,26-,27+,28+,29-,30-/m1/s1. The van der Waals surface area contributed by atoms with Crippen molar-refractivity contribution >= 4 is 63.6 Å². The highest BCUT2D eigenvalue weighted by Crippen LogP contribution is 2.37. The number of ether oxygens (including phenoxy) is 2. The Morgan fingerprint density at radius 1 is 0.737 bits per heavy atom. The largest absolute Gasteiger partial charge is 0.467 e. The van der Waals surface area contributed by atoms with Crippen molar-refractivity contribution in [2.75, 3.05) is 27.4 Å². The Morgan fingerprint density at radius 3 is 1.60 bits per heavy atom. The van der Waals surface area contributed by atoms with Gasteiger partial charge in [0.2, 0.25) is 17.7 Å². The zero-order valence-electron chi connectivity index (χ0n) is 38.3. The Kier molecular flexibility index (Phi) is 21.1. The van der Waals surface area contributed by atoms with Crippen LogP contribution in [-0.4, -0.2) is 131 Å². The number of thiocarbonyl (C=S) groups is 1. The molecule has 0 fully saturated rings. The smallest absolute Gasteiger partial charge is 0.408 e. The number of esters is 1. The molecule has 6 atom stereocenters. The average molecular weight is 864 g/mol. The molecular formula is C39H77N5O10SSi2. The van der Waals surface area contributed by atoms with Crippen LogP contribution in [0.25, 0.3) is 0 Å². The molecular weight excluding hydrogens is 787 g/mol. The summed E-state index contributed by atoms with van der Waals surface area (Å²) in [5.74, 6) is -2.59. The van der Waals surface area contributed by atoms with Gasteiger partial charge in [-0.15, -0.1) is 0 Å². The van der Waals surface area contributed by atoms with Gasteiger partial charge in [-0.05, 0) is 82.7 Å². The highest BCUT2D eigenvalue weighted by atomic mass is 32.1. The van der Waals surface area contributed by atoms with E-state index >= 15 is 0 Å². The lowest BCUT2D eigenvalue weighted by molar-refractivity contribution is -0.149. The van der Waals surface area contributed by atoms with E-state index < -0.39 is 88.3 Å². The van der Waals surface area contributed by atoms with E-state index in [-0.39, 0.29) is 40.6 Å². The fourth-order valence-electron chi connectivity index (χ4n) is 4.76. The third-order valence-electron chi connectivity index (χ3n) is 10.5. The highest BCUT2D eigenvalue weighted by Gasteiger charge is 2.42. The zero-order chi connectivity index (χ0) is 45.1. The normalized spacial score (nSPS) is 15.9. The Balaban J connectivity index is 6.73. The van der Waals surface area contributed by atoms with Gasteiger partial charge in [-0.2, -0.15) is 0 Å². The molecule has 0 aliphatic rings. The molecule has 0 unspecified atom stereocenters. The van der Waals surface area contributed by atoms with Crippen LogP contribution in [-0.2, 0) is 37.5 Å². The van der Waals surface area contributed by atoms with Gasteiger partial charge < -0.3 is 49.6 Å². The zero-order valence-corrected chi connectivity index (χ0v) is 41.2. The molecule has 332 valence electrons. The minimum absolute atomic E-state index is 0.0439. The summed E-state index contributed by atoms with van der Waals surface area (Å²) in [5, 5.41) is 21.2. The number of carbonyl (C=O) groups excluding carboxylic acids is 5. The molecule has 4 amide bonds. The first-order valence-corrected chi connectivity index (χ1v) is 26.1. The van der Waals surface area contributed by atoms with Crippen LogP contribution in [0.5, 0.6) is 0 Å². The number of amides is 4. The Hall–Kier alpha value is -2.65. The Morgan fingerprint density at radius 2 is 1.21 bits per heavy atom. The number of nitrogens with one attached hydrogen (secondary N) is 4. The lowest BCUT2D eigenvalue weighted by atomic mass is 10.0. The van der Waals surface area contributed by atoms with E-state index in [1.807, 2.05) is 47.0 Å². The maximum atomic E-state index is 14.5. The molecule has 0 aromatic heterocycles. The van der Waals surface area contributed by atoms with Gasteiger partial charge in [0.1, 0.15) is 23.7 Å². The van der Waals surface area contributed by atoms with Gasteiger partial charge in [0.15, 0.2) is 22.7 Å². The van der Waals surface area contributed by atoms with Crippen LogP contribution in [0.2, 0.25) is 36.3 Å². The van der Waals surface area contributed by atoms with E-state index in [2.05, 4.69) is 62.8 Å². The summed E-state index contributed by atoms with van der Waals surface area (Å²) in [7, 11) is -2.12. The van der Waals surface area contributed by atoms with Crippen LogP contribution in [0.15, 0.2) is 0 Å². The summed E-state index contributed by atoms with van der Waals surface area (Å²) in [5.41, 5.74) is -0.806. The van der Waals surface area contributed by atoms with Crippen LogP contribution in [0.4, 0.5) is 4.79 Å². The van der Waals surface area contributed by atoms with Gasteiger partial charge >= 0.3 is 12.1 Å². The third-order valence-corrected chi connectivity index (χ3v) is 19.9. The Bertz CT molecular complexity index is 1380. The first-order valence-electron chi connectivity index (χ1n) is 19.8. The molecule has 0 saturated carbocycles. The molecule has 15 nitrogen and oxygen atoms in total. The summed E-state index contributed by atoms with van der Waals surface area (Å²) in [6.07, 6.45) is -1.48. The predicted octanol–water partition coefficient (Wildman–Crippen LogP) is 5.02. The number of aliphatic hydroxyl groups is 1. The molecule has 0 aliphatic heterocycles. The summed E-state index contributed by atoms with van der Waals surface area (Å²) < 4.78 is 23.1. The van der Waals surface area contributed by atoms with Crippen molar-refractivity contribution in [3.63, 3.8) is 0 Å². The van der Waals surface area contributed by atoms with Crippen LogP contribution in [0, 0.1) is 5.92 Å². The molecule has 0 spiro atoms. The molecule has 0 aromatic carbocycles. The van der Waals surface area contributed by atoms with Crippen molar-refractivity contribution in [1.29, 1.82) is 0 Å². The number of nitrogens with zero attached hydrogens (tertiary/aromatic N) is 1. The van der Waals surface area contributed by atoms with Gasteiger partial charge in [-0.1, -0.05) is 74.5 Å². The quantitative estimate of drug-likeness (QED) is 0.0625. The molecule has 18 heteroatoms. The first-order chi connectivity index (χ1) is 25.6. The number of hydrogen-bond donors (Lipinski definition) is 5. The molecule has 0 rings (SSSR count). The van der Waals surface area contributed by atoms with Crippen molar-refractivity contribution < 1.29 is 47.4 Å². The minimum Gasteiger partial charge on any atom is -0.467 e. The second kappa shape index (κ2) is 22.1. The van der Waals surface area contributed by atoms with Gasteiger partial charge in [0.25, 0.3) is 0 Å². The fourth-order valence-corrected chi connectivity index (χ4v) is 7.16. The number of likely N-dealkylation sites (N-methyl/N-ethyl adjacent to an activating group) is 1. The molecule has 0 aliphatic carbocycles. The average Bonchev–Trinajstić information content (AvgIpc) is 3.05. The van der Waals surface area contributed by atoms with E-state index in [0.717, 1.165) is 7.11 Å². The first kappa shape index (κ1) is 54.4. The third kappa shape index (κ3) is 18.0. The van der Waals surface area contributed by atoms with E-state index in [0.29, 0.717) is 6.42 Å². The van der Waals surface area contributed by atoms with Gasteiger partial charge in [-0.3, -0.25) is 14.4 Å². The second-order valence-corrected chi connectivity index (χ2v) is 29.3. The maximum absolute atomic E-state index is 14.5. The SMILES string of the molecule is CC[C@@H](NC(=O)[C@H](CO[Si](C)(C)C(C)(C)C)NC(=O)OC(C)(C)C)C(=S)N[C@@H](CO[Si](C)(C)C(C)(C)C)C(=O)N(C)[C@H](CC(C)C)C(=O)N[C@@H](C(=O)OC)[C@@H](C)O. The lowest BCUT2D eigenvalue weighted by Gasteiger charge is -2.39. The van der Waals surface area contributed by atoms with Gasteiger partial charge in [-0.25, -0.2) is 9.59 Å². The van der Waals surface area contributed by atoms with E-state index in [9.17, 15) is 29.1 Å². The number of alkyl carbamates (subject to hydrolysis) is 1. The monoisotopic (exact) mass is 863 g/mol. The van der Waals surface area contributed by atoms with Crippen molar-refractivity contribution in [1.82, 2.24) is 26.2 Å². The number of hydrogen-bond acceptors (Lipinski definition) is 11. The number of methoxy groups -OCH3 is 1. The lowest BCUT2D eigenvalue weighted by Crippen LogP contribution is -2.61. The second-order valence-electron chi connectivity index (χ2n) is 19.2. The fraction of sp³-hybridized carbons (Fsp3) is 0.846. The molecule has 57 heavy (non-hydrogen) atoms. The predicted molar refractivity (Wildman–Crippen MR) is 233 cm³/mol. The van der Waals surface area contributed by atoms with Crippen molar-refractivity contribution in [3.8, 4) is 0 Å². The molecule has 0 bridgehead atoms. The topological polar surface area (TPSA) is 194 Å². The van der Waals surface area contributed by atoms with Crippen LogP contribution < -0.4 is 21.3 Å².